The normalized spacial score (nSPS) is 17.2. The van der Waals surface area contributed by atoms with Crippen LogP contribution in [0.4, 0.5) is 4.79 Å². The molecule has 1 unspecified atom stereocenters. The van der Waals surface area contributed by atoms with E-state index >= 15 is 0 Å². The van der Waals surface area contributed by atoms with Gasteiger partial charge in [0.1, 0.15) is 6.04 Å². The van der Waals surface area contributed by atoms with Gasteiger partial charge in [-0.3, -0.25) is 9.59 Å². The molecule has 3 aromatic carbocycles. The Morgan fingerprint density at radius 3 is 2.21 bits per heavy atom. The monoisotopic (exact) mass is 662 g/mol. The third kappa shape index (κ3) is 8.37. The number of thioether (sulfide) groups is 1. The highest BCUT2D eigenvalue weighted by atomic mass is 35.5. The van der Waals surface area contributed by atoms with Crippen LogP contribution in [0.3, 0.4) is 0 Å². The molecule has 4 amide bonds. The average molecular weight is 664 g/mol. The van der Waals surface area contributed by atoms with E-state index in [4.69, 9.17) is 34.8 Å². The van der Waals surface area contributed by atoms with Gasteiger partial charge in [-0.2, -0.15) is 0 Å². The summed E-state index contributed by atoms with van der Waals surface area (Å²) < 4.78 is -0.654. The third-order valence-corrected chi connectivity index (χ3v) is 9.68. The molecule has 1 fully saturated rings. The summed E-state index contributed by atoms with van der Waals surface area (Å²) >= 11 is 20.2. The van der Waals surface area contributed by atoms with Crippen molar-refractivity contribution in [3.05, 3.63) is 105 Å². The predicted molar refractivity (Wildman–Crippen MR) is 172 cm³/mol. The molecule has 0 spiro atoms. The second-order valence-electron chi connectivity index (χ2n) is 10.7. The Balaban J connectivity index is 1.49. The summed E-state index contributed by atoms with van der Waals surface area (Å²) in [5.41, 5.74) is 2.10. The molecule has 228 valence electrons. The van der Waals surface area contributed by atoms with Gasteiger partial charge in [-0.15, -0.1) is 11.8 Å². The quantitative estimate of drug-likeness (QED) is 0.232. The van der Waals surface area contributed by atoms with Crippen LogP contribution in [0, 0.1) is 0 Å². The molecule has 0 aliphatic carbocycles. The van der Waals surface area contributed by atoms with Gasteiger partial charge in [-0.25, -0.2) is 4.79 Å². The molecule has 43 heavy (non-hydrogen) atoms. The largest absolute Gasteiger partial charge is 0.381 e. The van der Waals surface area contributed by atoms with Crippen molar-refractivity contribution in [2.75, 3.05) is 5.88 Å². The molecule has 1 aliphatic rings. The SMILES string of the molecule is CC1(C)SCN(C(=O)[C@@H](O)[C@H](Cc2ccccc2)NC(=O)NCc2ccccc2Cl)C1C(=O)NCc1c(Cl)cccc1Cl. The Bertz CT molecular complexity index is 1440. The molecule has 1 saturated heterocycles. The Labute approximate surface area is 270 Å². The van der Waals surface area contributed by atoms with Crippen molar-refractivity contribution >= 4 is 64.4 Å². The molecule has 1 aliphatic heterocycles. The molecule has 0 radical (unpaired) electrons. The first kappa shape index (κ1) is 33.0. The molecule has 0 saturated carbocycles. The summed E-state index contributed by atoms with van der Waals surface area (Å²) in [6.45, 7) is 3.96. The Kier molecular flexibility index (Phi) is 11.3. The number of benzene rings is 3. The van der Waals surface area contributed by atoms with Gasteiger partial charge in [0.05, 0.1) is 11.9 Å². The number of rotatable bonds is 10. The van der Waals surface area contributed by atoms with E-state index in [9.17, 15) is 19.5 Å². The highest BCUT2D eigenvalue weighted by Crippen LogP contribution is 2.40. The number of aliphatic hydroxyl groups is 1. The van der Waals surface area contributed by atoms with Gasteiger partial charge < -0.3 is 26.0 Å². The van der Waals surface area contributed by atoms with Crippen molar-refractivity contribution in [1.29, 1.82) is 0 Å². The number of hydrogen-bond donors (Lipinski definition) is 4. The highest BCUT2D eigenvalue weighted by molar-refractivity contribution is 8.00. The standard InChI is InChI=1S/C31H33Cl3N4O4S/c1-31(2)27(28(40)35-17-21-23(33)13-8-14-24(21)34)38(18-43-31)29(41)26(39)25(15-19-9-4-3-5-10-19)37-30(42)36-16-20-11-6-7-12-22(20)32/h3-14,25-27,39H,15-18H2,1-2H3,(H,35,40)(H2,36,37,42)/t25-,26-,27?/m0/s1. The van der Waals surface area contributed by atoms with Crippen LogP contribution >= 0.6 is 46.6 Å². The average Bonchev–Trinajstić information content (AvgIpc) is 3.30. The molecule has 8 nitrogen and oxygen atoms in total. The van der Waals surface area contributed by atoms with Crippen molar-refractivity contribution in [1.82, 2.24) is 20.9 Å². The lowest BCUT2D eigenvalue weighted by molar-refractivity contribution is -0.147. The second kappa shape index (κ2) is 14.7. The van der Waals surface area contributed by atoms with Crippen LogP contribution in [0.25, 0.3) is 0 Å². The van der Waals surface area contributed by atoms with Gasteiger partial charge in [-0.05, 0) is 49.6 Å². The van der Waals surface area contributed by atoms with Crippen LogP contribution < -0.4 is 16.0 Å². The summed E-state index contributed by atoms with van der Waals surface area (Å²) in [6.07, 6.45) is -1.45. The molecular formula is C31H33Cl3N4O4S. The zero-order chi connectivity index (χ0) is 31.1. The number of carbonyl (C=O) groups excluding carboxylic acids is 3. The van der Waals surface area contributed by atoms with Crippen LogP contribution in [0.15, 0.2) is 72.8 Å². The fraction of sp³-hybridized carbons (Fsp3) is 0.323. The van der Waals surface area contributed by atoms with Gasteiger partial charge in [0.2, 0.25) is 5.91 Å². The predicted octanol–water partition coefficient (Wildman–Crippen LogP) is 5.41. The summed E-state index contributed by atoms with van der Waals surface area (Å²) in [4.78, 5) is 41.6. The number of aliphatic hydroxyl groups excluding tert-OH is 1. The molecule has 1 heterocycles. The van der Waals surface area contributed by atoms with Crippen molar-refractivity contribution in [3.8, 4) is 0 Å². The maximum Gasteiger partial charge on any atom is 0.315 e. The third-order valence-electron chi connectivity index (χ3n) is 7.22. The first-order valence-corrected chi connectivity index (χ1v) is 15.7. The van der Waals surface area contributed by atoms with Gasteiger partial charge in [0.15, 0.2) is 6.10 Å². The number of halogens is 3. The molecular weight excluding hydrogens is 631 g/mol. The van der Waals surface area contributed by atoms with E-state index in [1.165, 1.54) is 16.7 Å². The summed E-state index contributed by atoms with van der Waals surface area (Å²) in [7, 11) is 0. The lowest BCUT2D eigenvalue weighted by Gasteiger charge is -2.33. The fourth-order valence-electron chi connectivity index (χ4n) is 4.87. The highest BCUT2D eigenvalue weighted by Gasteiger charge is 2.49. The van der Waals surface area contributed by atoms with Gasteiger partial charge in [0.25, 0.3) is 5.91 Å². The van der Waals surface area contributed by atoms with Crippen molar-refractivity contribution in [2.45, 2.75) is 56.3 Å². The maximum atomic E-state index is 13.8. The molecule has 12 heteroatoms. The Morgan fingerprint density at radius 1 is 0.907 bits per heavy atom. The molecule has 3 aromatic rings. The molecule has 0 aromatic heterocycles. The fourth-order valence-corrected chi connectivity index (χ4v) is 6.75. The number of carbonyl (C=O) groups is 3. The zero-order valence-electron chi connectivity index (χ0n) is 23.6. The lowest BCUT2D eigenvalue weighted by Crippen LogP contribution is -2.59. The van der Waals surface area contributed by atoms with E-state index in [0.29, 0.717) is 20.6 Å². The Hall–Kier alpha value is -2.95. The molecule has 4 N–H and O–H groups in total. The molecule has 4 rings (SSSR count). The minimum absolute atomic E-state index is 0.0724. The van der Waals surface area contributed by atoms with Crippen LogP contribution in [-0.2, 0) is 29.1 Å². The lowest BCUT2D eigenvalue weighted by atomic mass is 9.97. The van der Waals surface area contributed by atoms with Gasteiger partial charge >= 0.3 is 6.03 Å². The van der Waals surface area contributed by atoms with E-state index in [0.717, 1.165) is 11.1 Å². The van der Waals surface area contributed by atoms with E-state index in [2.05, 4.69) is 16.0 Å². The van der Waals surface area contributed by atoms with E-state index in [-0.39, 0.29) is 25.4 Å². The number of urea groups is 1. The van der Waals surface area contributed by atoms with Crippen molar-refractivity contribution in [3.63, 3.8) is 0 Å². The zero-order valence-corrected chi connectivity index (χ0v) is 26.7. The minimum Gasteiger partial charge on any atom is -0.381 e. The number of nitrogens with one attached hydrogen (secondary N) is 3. The second-order valence-corrected chi connectivity index (χ2v) is 13.5. The van der Waals surface area contributed by atoms with Gasteiger partial charge in [-0.1, -0.05) is 89.4 Å². The van der Waals surface area contributed by atoms with Crippen LogP contribution in [0.5, 0.6) is 0 Å². The number of nitrogens with zero attached hydrogens (tertiary/aromatic N) is 1. The minimum atomic E-state index is -1.63. The van der Waals surface area contributed by atoms with E-state index in [1.54, 1.807) is 36.4 Å². The summed E-state index contributed by atoms with van der Waals surface area (Å²) in [5, 5.41) is 21.1. The topological polar surface area (TPSA) is 111 Å². The number of amides is 4. The summed E-state index contributed by atoms with van der Waals surface area (Å²) in [5.74, 6) is -0.886. The van der Waals surface area contributed by atoms with Crippen LogP contribution in [0.2, 0.25) is 15.1 Å². The Morgan fingerprint density at radius 2 is 1.53 bits per heavy atom. The number of hydrogen-bond acceptors (Lipinski definition) is 5. The first-order valence-electron chi connectivity index (χ1n) is 13.6. The van der Waals surface area contributed by atoms with E-state index < -0.39 is 40.8 Å². The molecule has 0 bridgehead atoms. The summed E-state index contributed by atoms with van der Waals surface area (Å²) in [6, 6.07) is 19.0. The van der Waals surface area contributed by atoms with Crippen LogP contribution in [0.1, 0.15) is 30.5 Å². The van der Waals surface area contributed by atoms with Crippen molar-refractivity contribution in [2.24, 2.45) is 0 Å². The smallest absolute Gasteiger partial charge is 0.315 e. The molecule has 3 atom stereocenters. The van der Waals surface area contributed by atoms with Crippen LogP contribution in [-0.4, -0.2) is 56.7 Å². The van der Waals surface area contributed by atoms with E-state index in [1.807, 2.05) is 50.2 Å². The maximum absolute atomic E-state index is 13.8. The van der Waals surface area contributed by atoms with Gasteiger partial charge in [0, 0.05) is 38.5 Å². The van der Waals surface area contributed by atoms with Crippen molar-refractivity contribution < 1.29 is 19.5 Å². The first-order chi connectivity index (χ1) is 20.5.